The van der Waals surface area contributed by atoms with E-state index >= 15 is 0 Å². The molecule has 19 heavy (non-hydrogen) atoms. The van der Waals surface area contributed by atoms with Gasteiger partial charge in [-0.05, 0) is 26.1 Å². The van der Waals surface area contributed by atoms with Gasteiger partial charge in [-0.25, -0.2) is 4.68 Å². The lowest BCUT2D eigenvalue weighted by Gasteiger charge is -2.09. The molecule has 0 unspecified atom stereocenters. The molecule has 0 aliphatic heterocycles. The highest BCUT2D eigenvalue weighted by molar-refractivity contribution is 5.38. The Kier molecular flexibility index (Phi) is 4.06. The SMILES string of the molecule is CNCc1c(C)nn(C)c1Oc1cccc(OC)c1. The van der Waals surface area contributed by atoms with Gasteiger partial charge >= 0.3 is 0 Å². The molecular weight excluding hydrogens is 242 g/mol. The number of nitrogens with one attached hydrogen (secondary N) is 1. The Morgan fingerprint density at radius 1 is 1.32 bits per heavy atom. The molecule has 0 fully saturated rings. The Morgan fingerprint density at radius 3 is 2.74 bits per heavy atom. The Labute approximate surface area is 113 Å². The van der Waals surface area contributed by atoms with E-state index in [-0.39, 0.29) is 0 Å². The average molecular weight is 261 g/mol. The molecule has 1 aromatic heterocycles. The number of methoxy groups -OCH3 is 1. The maximum absolute atomic E-state index is 5.94. The van der Waals surface area contributed by atoms with Crippen LogP contribution in [0.1, 0.15) is 11.3 Å². The highest BCUT2D eigenvalue weighted by atomic mass is 16.5. The first-order valence-electron chi connectivity index (χ1n) is 6.14. The van der Waals surface area contributed by atoms with E-state index in [0.29, 0.717) is 0 Å². The first-order chi connectivity index (χ1) is 9.15. The lowest BCUT2D eigenvalue weighted by molar-refractivity contribution is 0.400. The van der Waals surface area contributed by atoms with Crippen LogP contribution in [0, 0.1) is 6.92 Å². The molecule has 102 valence electrons. The van der Waals surface area contributed by atoms with Gasteiger partial charge in [-0.15, -0.1) is 0 Å². The molecule has 0 saturated carbocycles. The van der Waals surface area contributed by atoms with E-state index in [9.17, 15) is 0 Å². The molecule has 0 radical (unpaired) electrons. The molecule has 5 heteroatoms. The maximum atomic E-state index is 5.94. The minimum absolute atomic E-state index is 0.721. The van der Waals surface area contributed by atoms with Crippen LogP contribution in [-0.4, -0.2) is 23.9 Å². The van der Waals surface area contributed by atoms with Gasteiger partial charge in [0.2, 0.25) is 5.88 Å². The lowest BCUT2D eigenvalue weighted by Crippen LogP contribution is -2.07. The first-order valence-corrected chi connectivity index (χ1v) is 6.14. The third-order valence-electron chi connectivity index (χ3n) is 2.90. The number of hydrogen-bond donors (Lipinski definition) is 1. The molecule has 1 heterocycles. The molecule has 0 aliphatic carbocycles. The van der Waals surface area contributed by atoms with E-state index < -0.39 is 0 Å². The zero-order valence-electron chi connectivity index (χ0n) is 11.7. The fraction of sp³-hybridized carbons (Fsp3) is 0.357. The van der Waals surface area contributed by atoms with E-state index in [1.54, 1.807) is 11.8 Å². The van der Waals surface area contributed by atoms with Crippen molar-refractivity contribution in [3.05, 3.63) is 35.5 Å². The summed E-state index contributed by atoms with van der Waals surface area (Å²) in [5, 5.41) is 7.52. The second-order valence-electron chi connectivity index (χ2n) is 4.30. The summed E-state index contributed by atoms with van der Waals surface area (Å²) in [6.07, 6.45) is 0. The van der Waals surface area contributed by atoms with Crippen molar-refractivity contribution in [1.29, 1.82) is 0 Å². The minimum atomic E-state index is 0.721. The summed E-state index contributed by atoms with van der Waals surface area (Å²) in [4.78, 5) is 0. The summed E-state index contributed by atoms with van der Waals surface area (Å²) in [6, 6.07) is 7.53. The zero-order valence-corrected chi connectivity index (χ0v) is 11.7. The van der Waals surface area contributed by atoms with Crippen molar-refractivity contribution < 1.29 is 9.47 Å². The summed E-state index contributed by atoms with van der Waals surface area (Å²) in [5.74, 6) is 2.26. The molecule has 0 aliphatic rings. The molecular formula is C14H19N3O2. The second kappa shape index (κ2) is 5.75. The Balaban J connectivity index is 2.31. The predicted octanol–water partition coefficient (Wildman–Crippen LogP) is 2.25. The molecule has 1 N–H and O–H groups in total. The first kappa shape index (κ1) is 13.4. The van der Waals surface area contributed by atoms with Gasteiger partial charge in [0.1, 0.15) is 11.5 Å². The largest absolute Gasteiger partial charge is 0.497 e. The molecule has 5 nitrogen and oxygen atoms in total. The van der Waals surface area contributed by atoms with Crippen molar-refractivity contribution in [3.63, 3.8) is 0 Å². The van der Waals surface area contributed by atoms with Gasteiger partial charge in [0.15, 0.2) is 0 Å². The maximum Gasteiger partial charge on any atom is 0.222 e. The van der Waals surface area contributed by atoms with Gasteiger partial charge in [0.05, 0.1) is 18.4 Å². The zero-order chi connectivity index (χ0) is 13.8. The number of ether oxygens (including phenoxy) is 2. The number of aromatic nitrogens is 2. The summed E-state index contributed by atoms with van der Waals surface area (Å²) < 4.78 is 12.9. The van der Waals surface area contributed by atoms with Gasteiger partial charge < -0.3 is 14.8 Å². The summed E-state index contributed by atoms with van der Waals surface area (Å²) >= 11 is 0. The number of aryl methyl sites for hydroxylation is 2. The smallest absolute Gasteiger partial charge is 0.222 e. The minimum Gasteiger partial charge on any atom is -0.497 e. The van der Waals surface area contributed by atoms with Crippen LogP contribution in [-0.2, 0) is 13.6 Å². The molecule has 0 spiro atoms. The Hall–Kier alpha value is -2.01. The van der Waals surface area contributed by atoms with Crippen LogP contribution in [0.3, 0.4) is 0 Å². The molecule has 0 saturated heterocycles. The summed E-state index contributed by atoms with van der Waals surface area (Å²) in [5.41, 5.74) is 2.03. The normalized spacial score (nSPS) is 10.5. The predicted molar refractivity (Wildman–Crippen MR) is 73.8 cm³/mol. The molecule has 2 aromatic rings. The summed E-state index contributed by atoms with van der Waals surface area (Å²) in [7, 11) is 5.42. The van der Waals surface area contributed by atoms with Crippen molar-refractivity contribution >= 4 is 0 Å². The van der Waals surface area contributed by atoms with Crippen LogP contribution >= 0.6 is 0 Å². The second-order valence-corrected chi connectivity index (χ2v) is 4.30. The monoisotopic (exact) mass is 261 g/mol. The molecule has 1 aromatic carbocycles. The quantitative estimate of drug-likeness (QED) is 0.896. The van der Waals surface area contributed by atoms with Crippen LogP contribution in [0.4, 0.5) is 0 Å². The van der Waals surface area contributed by atoms with Gasteiger partial charge in [-0.3, -0.25) is 0 Å². The topological polar surface area (TPSA) is 48.3 Å². The van der Waals surface area contributed by atoms with Crippen LogP contribution < -0.4 is 14.8 Å². The Morgan fingerprint density at radius 2 is 2.05 bits per heavy atom. The van der Waals surface area contributed by atoms with E-state index in [2.05, 4.69) is 10.4 Å². The van der Waals surface area contributed by atoms with Crippen LogP contribution in [0.2, 0.25) is 0 Å². The van der Waals surface area contributed by atoms with Crippen LogP contribution in [0.5, 0.6) is 17.4 Å². The lowest BCUT2D eigenvalue weighted by atomic mass is 10.2. The standard InChI is InChI=1S/C14H19N3O2/c1-10-13(9-15-2)14(17(3)16-10)19-12-7-5-6-11(8-12)18-4/h5-8,15H,9H2,1-4H3. The number of nitrogens with zero attached hydrogens (tertiary/aromatic N) is 2. The van der Waals surface area contributed by atoms with Gasteiger partial charge in [-0.2, -0.15) is 5.10 Å². The summed E-state index contributed by atoms with van der Waals surface area (Å²) in [6.45, 7) is 2.70. The molecule has 2 rings (SSSR count). The number of benzene rings is 1. The van der Waals surface area contributed by atoms with Crippen molar-refractivity contribution in [2.75, 3.05) is 14.2 Å². The molecule has 0 bridgehead atoms. The number of rotatable bonds is 5. The van der Waals surface area contributed by atoms with Gasteiger partial charge in [0.25, 0.3) is 0 Å². The van der Waals surface area contributed by atoms with E-state index in [0.717, 1.165) is 35.2 Å². The van der Waals surface area contributed by atoms with E-state index in [1.165, 1.54) is 0 Å². The third-order valence-corrected chi connectivity index (χ3v) is 2.90. The van der Waals surface area contributed by atoms with Crippen molar-refractivity contribution in [3.8, 4) is 17.4 Å². The Bertz CT molecular complexity index is 564. The van der Waals surface area contributed by atoms with Crippen molar-refractivity contribution in [2.45, 2.75) is 13.5 Å². The van der Waals surface area contributed by atoms with Crippen molar-refractivity contribution in [2.24, 2.45) is 7.05 Å². The van der Waals surface area contributed by atoms with Crippen LogP contribution in [0.15, 0.2) is 24.3 Å². The van der Waals surface area contributed by atoms with Gasteiger partial charge in [0, 0.05) is 19.7 Å². The fourth-order valence-electron chi connectivity index (χ4n) is 1.97. The number of hydrogen-bond acceptors (Lipinski definition) is 4. The fourth-order valence-corrected chi connectivity index (χ4v) is 1.97. The van der Waals surface area contributed by atoms with Crippen LogP contribution in [0.25, 0.3) is 0 Å². The van der Waals surface area contributed by atoms with Crippen molar-refractivity contribution in [1.82, 2.24) is 15.1 Å². The van der Waals surface area contributed by atoms with E-state index in [1.807, 2.05) is 45.3 Å². The van der Waals surface area contributed by atoms with E-state index in [4.69, 9.17) is 9.47 Å². The molecule has 0 amide bonds. The van der Waals surface area contributed by atoms with Gasteiger partial charge in [-0.1, -0.05) is 6.07 Å². The molecule has 0 atom stereocenters. The highest BCUT2D eigenvalue weighted by Gasteiger charge is 2.14. The average Bonchev–Trinajstić information content (AvgIpc) is 2.66. The third kappa shape index (κ3) is 2.88. The highest BCUT2D eigenvalue weighted by Crippen LogP contribution is 2.29.